The van der Waals surface area contributed by atoms with Crippen molar-refractivity contribution in [2.24, 2.45) is 11.3 Å². The SMILES string of the molecule is CC1=CC[C@H]2CCCC[C@]2(C)C1. The fraction of sp³-hybridized carbons (Fsp3) is 0.833. The molecule has 0 nitrogen and oxygen atoms in total. The summed E-state index contributed by atoms with van der Waals surface area (Å²) in [4.78, 5) is 0. The molecule has 2 aliphatic rings. The molecular formula is C12H20. The highest BCUT2D eigenvalue weighted by molar-refractivity contribution is 5.10. The topological polar surface area (TPSA) is 0 Å². The van der Waals surface area contributed by atoms with Crippen LogP contribution in [-0.2, 0) is 0 Å². The monoisotopic (exact) mass is 164 g/mol. The smallest absolute Gasteiger partial charge is 0.0258 e. The van der Waals surface area contributed by atoms with Crippen molar-refractivity contribution in [3.8, 4) is 0 Å². The highest BCUT2D eigenvalue weighted by atomic mass is 14.4. The van der Waals surface area contributed by atoms with Crippen molar-refractivity contribution in [1.29, 1.82) is 0 Å². The quantitative estimate of drug-likeness (QED) is 0.476. The lowest BCUT2D eigenvalue weighted by Gasteiger charge is -2.44. The lowest BCUT2D eigenvalue weighted by molar-refractivity contribution is 0.108. The van der Waals surface area contributed by atoms with E-state index in [0.29, 0.717) is 5.41 Å². The molecule has 0 aromatic rings. The highest BCUT2D eigenvalue weighted by Gasteiger charge is 2.37. The summed E-state index contributed by atoms with van der Waals surface area (Å²) in [5.41, 5.74) is 2.31. The van der Waals surface area contributed by atoms with E-state index in [0.717, 1.165) is 5.92 Å². The van der Waals surface area contributed by atoms with E-state index in [4.69, 9.17) is 0 Å². The number of fused-ring (bicyclic) bond motifs is 1. The second kappa shape index (κ2) is 2.90. The summed E-state index contributed by atoms with van der Waals surface area (Å²) >= 11 is 0. The number of rotatable bonds is 0. The van der Waals surface area contributed by atoms with Crippen LogP contribution in [0.1, 0.15) is 52.4 Å². The molecule has 0 spiro atoms. The predicted octanol–water partition coefficient (Wildman–Crippen LogP) is 3.92. The Morgan fingerprint density at radius 2 is 2.25 bits per heavy atom. The molecule has 0 heteroatoms. The normalized spacial score (nSPS) is 41.8. The maximum Gasteiger partial charge on any atom is -0.0258 e. The van der Waals surface area contributed by atoms with Gasteiger partial charge in [0.15, 0.2) is 0 Å². The zero-order valence-corrected chi connectivity index (χ0v) is 8.40. The molecule has 2 aliphatic carbocycles. The second-order valence-corrected chi connectivity index (χ2v) is 5.06. The lowest BCUT2D eigenvalue weighted by atomic mass is 9.61. The molecule has 0 aliphatic heterocycles. The maximum absolute atomic E-state index is 2.51. The zero-order chi connectivity index (χ0) is 8.60. The minimum Gasteiger partial charge on any atom is -0.0853 e. The minimum absolute atomic E-state index is 0.678. The summed E-state index contributed by atoms with van der Waals surface area (Å²) < 4.78 is 0. The van der Waals surface area contributed by atoms with Crippen LogP contribution in [0.25, 0.3) is 0 Å². The van der Waals surface area contributed by atoms with E-state index >= 15 is 0 Å². The molecule has 0 radical (unpaired) electrons. The zero-order valence-electron chi connectivity index (χ0n) is 8.40. The Morgan fingerprint density at radius 3 is 3.08 bits per heavy atom. The van der Waals surface area contributed by atoms with Gasteiger partial charge in [-0.15, -0.1) is 0 Å². The van der Waals surface area contributed by atoms with Crippen molar-refractivity contribution in [2.45, 2.75) is 52.4 Å². The van der Waals surface area contributed by atoms with Crippen LogP contribution in [0, 0.1) is 11.3 Å². The van der Waals surface area contributed by atoms with Crippen LogP contribution < -0.4 is 0 Å². The number of allylic oxidation sites excluding steroid dienone is 2. The minimum atomic E-state index is 0.678. The molecule has 2 rings (SSSR count). The first-order valence-corrected chi connectivity index (χ1v) is 5.36. The third-order valence-electron chi connectivity index (χ3n) is 3.97. The van der Waals surface area contributed by atoms with Gasteiger partial charge in [0.2, 0.25) is 0 Å². The molecule has 1 saturated carbocycles. The van der Waals surface area contributed by atoms with Crippen molar-refractivity contribution in [2.75, 3.05) is 0 Å². The largest absolute Gasteiger partial charge is 0.0853 e. The summed E-state index contributed by atoms with van der Waals surface area (Å²) in [6, 6.07) is 0. The Labute approximate surface area is 76.1 Å². The van der Waals surface area contributed by atoms with Crippen LogP contribution in [0.15, 0.2) is 11.6 Å². The third-order valence-corrected chi connectivity index (χ3v) is 3.97. The Balaban J connectivity index is 2.17. The van der Waals surface area contributed by atoms with Crippen LogP contribution in [0.4, 0.5) is 0 Å². The van der Waals surface area contributed by atoms with E-state index in [2.05, 4.69) is 19.9 Å². The van der Waals surface area contributed by atoms with Gasteiger partial charge in [0, 0.05) is 0 Å². The first kappa shape index (κ1) is 8.34. The first-order valence-electron chi connectivity index (χ1n) is 5.36. The summed E-state index contributed by atoms with van der Waals surface area (Å²) in [6.07, 6.45) is 11.1. The molecule has 1 fully saturated rings. The summed E-state index contributed by atoms with van der Waals surface area (Å²) in [6.45, 7) is 4.81. The van der Waals surface area contributed by atoms with Gasteiger partial charge in [0.1, 0.15) is 0 Å². The van der Waals surface area contributed by atoms with Crippen LogP contribution in [-0.4, -0.2) is 0 Å². The molecule has 2 atom stereocenters. The lowest BCUT2D eigenvalue weighted by Crippen LogP contribution is -2.33. The van der Waals surface area contributed by atoms with E-state index in [9.17, 15) is 0 Å². The van der Waals surface area contributed by atoms with Crippen LogP contribution in [0.3, 0.4) is 0 Å². The number of hydrogen-bond donors (Lipinski definition) is 0. The molecule has 0 bridgehead atoms. The summed E-state index contributed by atoms with van der Waals surface area (Å²) in [5.74, 6) is 1.01. The van der Waals surface area contributed by atoms with E-state index in [-0.39, 0.29) is 0 Å². The van der Waals surface area contributed by atoms with Crippen LogP contribution >= 0.6 is 0 Å². The molecule has 0 N–H and O–H groups in total. The third kappa shape index (κ3) is 1.32. The molecule has 0 aromatic heterocycles. The van der Waals surface area contributed by atoms with Crippen LogP contribution in [0.2, 0.25) is 0 Å². The molecule has 0 aromatic carbocycles. The van der Waals surface area contributed by atoms with Gasteiger partial charge in [-0.25, -0.2) is 0 Å². The van der Waals surface area contributed by atoms with E-state index in [1.165, 1.54) is 38.5 Å². The molecule has 0 saturated heterocycles. The molecule has 0 unspecified atom stereocenters. The Morgan fingerprint density at radius 1 is 1.42 bits per heavy atom. The Hall–Kier alpha value is -0.260. The van der Waals surface area contributed by atoms with Crippen molar-refractivity contribution in [3.63, 3.8) is 0 Å². The van der Waals surface area contributed by atoms with Gasteiger partial charge in [-0.05, 0) is 43.9 Å². The molecule has 12 heavy (non-hydrogen) atoms. The maximum atomic E-state index is 2.51. The van der Waals surface area contributed by atoms with Crippen molar-refractivity contribution < 1.29 is 0 Å². The average Bonchev–Trinajstić information content (AvgIpc) is 2.02. The van der Waals surface area contributed by atoms with E-state index < -0.39 is 0 Å². The van der Waals surface area contributed by atoms with E-state index in [1.54, 1.807) is 5.57 Å². The van der Waals surface area contributed by atoms with Gasteiger partial charge in [0.05, 0.1) is 0 Å². The molecule has 0 amide bonds. The average molecular weight is 164 g/mol. The van der Waals surface area contributed by atoms with E-state index in [1.807, 2.05) is 0 Å². The van der Waals surface area contributed by atoms with Gasteiger partial charge < -0.3 is 0 Å². The molecular weight excluding hydrogens is 144 g/mol. The van der Waals surface area contributed by atoms with Gasteiger partial charge in [-0.2, -0.15) is 0 Å². The van der Waals surface area contributed by atoms with Crippen molar-refractivity contribution >= 4 is 0 Å². The number of hydrogen-bond acceptors (Lipinski definition) is 0. The van der Waals surface area contributed by atoms with Crippen LogP contribution in [0.5, 0.6) is 0 Å². The first-order chi connectivity index (χ1) is 5.71. The highest BCUT2D eigenvalue weighted by Crippen LogP contribution is 2.49. The Kier molecular flexibility index (Phi) is 2.02. The van der Waals surface area contributed by atoms with Crippen molar-refractivity contribution in [3.05, 3.63) is 11.6 Å². The standard InChI is InChI=1S/C12H20/c1-10-6-7-11-5-3-4-8-12(11,2)9-10/h6,11H,3-5,7-9H2,1-2H3/t11-,12-/m1/s1. The van der Waals surface area contributed by atoms with Gasteiger partial charge >= 0.3 is 0 Å². The van der Waals surface area contributed by atoms with Gasteiger partial charge in [-0.3, -0.25) is 0 Å². The molecule has 68 valence electrons. The van der Waals surface area contributed by atoms with Crippen molar-refractivity contribution in [1.82, 2.24) is 0 Å². The molecule has 0 heterocycles. The van der Waals surface area contributed by atoms with Gasteiger partial charge in [-0.1, -0.05) is 31.4 Å². The fourth-order valence-electron chi connectivity index (χ4n) is 3.16. The second-order valence-electron chi connectivity index (χ2n) is 5.06. The predicted molar refractivity (Wildman–Crippen MR) is 53.1 cm³/mol. The van der Waals surface area contributed by atoms with Gasteiger partial charge in [0.25, 0.3) is 0 Å². The fourth-order valence-corrected chi connectivity index (χ4v) is 3.16. The Bertz CT molecular complexity index is 202. The summed E-state index contributed by atoms with van der Waals surface area (Å²) in [7, 11) is 0. The summed E-state index contributed by atoms with van der Waals surface area (Å²) in [5, 5.41) is 0.